The van der Waals surface area contributed by atoms with Gasteiger partial charge < -0.3 is 45.1 Å². The van der Waals surface area contributed by atoms with Crippen molar-refractivity contribution >= 4 is 11.9 Å². The Kier molecular flexibility index (Phi) is 49.3. The second kappa shape index (κ2) is 52.3. The molecule has 0 spiro atoms. The molecule has 8 unspecified atom stereocenters. The van der Waals surface area contributed by atoms with E-state index in [1.165, 1.54) is 154 Å². The lowest BCUT2D eigenvalue weighted by molar-refractivity contribution is -0.305. The largest absolute Gasteiger partial charge is 0.454 e. The van der Waals surface area contributed by atoms with Crippen molar-refractivity contribution in [3.63, 3.8) is 0 Å². The number of nitrogens with one attached hydrogen (secondary N) is 1. The third-order valence-corrected chi connectivity index (χ3v) is 14.8. The molecule has 1 aliphatic heterocycles. The van der Waals surface area contributed by atoms with Crippen LogP contribution in [-0.2, 0) is 23.8 Å². The van der Waals surface area contributed by atoms with E-state index in [4.69, 9.17) is 14.2 Å². The monoisotopic (exact) mass is 1060 g/mol. The number of amides is 1. The smallest absolute Gasteiger partial charge is 0.306 e. The van der Waals surface area contributed by atoms with E-state index >= 15 is 0 Å². The van der Waals surface area contributed by atoms with Gasteiger partial charge in [-0.05, 0) is 44.9 Å². The van der Waals surface area contributed by atoms with Gasteiger partial charge in [0.25, 0.3) is 0 Å². The van der Waals surface area contributed by atoms with E-state index in [0.29, 0.717) is 12.8 Å². The highest BCUT2D eigenvalue weighted by Gasteiger charge is 2.47. The number of esters is 1. The first-order valence-electron chi connectivity index (χ1n) is 31.4. The van der Waals surface area contributed by atoms with Gasteiger partial charge in [0.15, 0.2) is 12.4 Å². The molecule has 1 rings (SSSR count). The van der Waals surface area contributed by atoms with Gasteiger partial charge in [0.05, 0.1) is 25.4 Å². The van der Waals surface area contributed by atoms with Crippen molar-refractivity contribution in [2.45, 2.75) is 333 Å². The molecule has 75 heavy (non-hydrogen) atoms. The van der Waals surface area contributed by atoms with Crippen LogP contribution >= 0.6 is 0 Å². The summed E-state index contributed by atoms with van der Waals surface area (Å²) in [4.78, 5) is 26.5. The van der Waals surface area contributed by atoms with Crippen LogP contribution in [0.3, 0.4) is 0 Å². The van der Waals surface area contributed by atoms with Crippen LogP contribution < -0.4 is 5.32 Å². The van der Waals surface area contributed by atoms with E-state index in [9.17, 15) is 35.1 Å². The van der Waals surface area contributed by atoms with Crippen molar-refractivity contribution in [3.8, 4) is 0 Å². The molecule has 0 aromatic carbocycles. The molecule has 8 atom stereocenters. The molecule has 0 radical (unpaired) electrons. The number of hydrogen-bond donors (Lipinski definition) is 6. The van der Waals surface area contributed by atoms with Crippen LogP contribution in [0.2, 0.25) is 0 Å². The predicted molar refractivity (Wildman–Crippen MR) is 310 cm³/mol. The molecule has 1 aliphatic rings. The standard InChI is InChI=1S/C64H117NO10/c1-4-7-10-13-16-19-22-25-27-28-29-30-31-34-37-40-43-46-49-52-59(69)75-62-61(71)60(70)58(53-66)74-64(62)73-54-55(56(67)50-47-44-41-38-35-32-24-21-18-15-12-9-6-3)65-63(72)57(68)51-48-45-42-39-36-33-26-23-20-17-14-11-8-5-2/h8,11,14,17,20,23,47,50,55-58,60-62,64,66-68,70-71H,4-7,9-10,12-13,15-16,18-19,21-22,24-46,48-49,51-54H2,1-3H3,(H,65,72)/b11-8+,17-14+,23-20+,50-47+. The summed E-state index contributed by atoms with van der Waals surface area (Å²) in [5.41, 5.74) is 0. The maximum absolute atomic E-state index is 13.4. The number of allylic oxidation sites excluding steroid dienone is 7. The summed E-state index contributed by atoms with van der Waals surface area (Å²) < 4.78 is 17.6. The van der Waals surface area contributed by atoms with Gasteiger partial charge in [-0.2, -0.15) is 0 Å². The average Bonchev–Trinajstić information content (AvgIpc) is 3.41. The zero-order chi connectivity index (χ0) is 54.7. The molecule has 6 N–H and O–H groups in total. The third-order valence-electron chi connectivity index (χ3n) is 14.8. The fourth-order valence-electron chi connectivity index (χ4n) is 9.83. The van der Waals surface area contributed by atoms with Crippen molar-refractivity contribution in [2.24, 2.45) is 0 Å². The van der Waals surface area contributed by atoms with Crippen molar-refractivity contribution in [2.75, 3.05) is 13.2 Å². The number of aliphatic hydroxyl groups excluding tert-OH is 5. The number of hydrogen-bond acceptors (Lipinski definition) is 10. The second-order valence-electron chi connectivity index (χ2n) is 21.8. The van der Waals surface area contributed by atoms with E-state index in [-0.39, 0.29) is 19.4 Å². The fraction of sp³-hybridized carbons (Fsp3) is 0.844. The maximum atomic E-state index is 13.4. The van der Waals surface area contributed by atoms with Gasteiger partial charge in [0.1, 0.15) is 24.4 Å². The first-order chi connectivity index (χ1) is 36.7. The molecule has 0 aliphatic carbocycles. The summed E-state index contributed by atoms with van der Waals surface area (Å²) in [6.45, 7) is 5.67. The van der Waals surface area contributed by atoms with E-state index in [1.54, 1.807) is 6.08 Å². The summed E-state index contributed by atoms with van der Waals surface area (Å²) in [7, 11) is 0. The lowest BCUT2D eigenvalue weighted by atomic mass is 9.99. The van der Waals surface area contributed by atoms with Gasteiger partial charge in [-0.15, -0.1) is 0 Å². The zero-order valence-electron chi connectivity index (χ0n) is 48.4. The second-order valence-corrected chi connectivity index (χ2v) is 21.8. The molecule has 0 bridgehead atoms. The topological polar surface area (TPSA) is 175 Å². The van der Waals surface area contributed by atoms with Gasteiger partial charge in [-0.3, -0.25) is 9.59 Å². The van der Waals surface area contributed by atoms with Crippen LogP contribution in [0.4, 0.5) is 0 Å². The summed E-state index contributed by atoms with van der Waals surface area (Å²) in [5.74, 6) is -1.20. The van der Waals surface area contributed by atoms with E-state index in [2.05, 4.69) is 56.5 Å². The molecule has 0 aromatic heterocycles. The van der Waals surface area contributed by atoms with Gasteiger partial charge in [0, 0.05) is 6.42 Å². The van der Waals surface area contributed by atoms with Gasteiger partial charge >= 0.3 is 5.97 Å². The Hall–Kier alpha value is -2.38. The summed E-state index contributed by atoms with van der Waals surface area (Å²) in [6, 6.07) is -1.03. The molecule has 438 valence electrons. The van der Waals surface area contributed by atoms with Crippen LogP contribution in [0.25, 0.3) is 0 Å². The molecule has 1 amide bonds. The lowest BCUT2D eigenvalue weighted by Gasteiger charge is -2.41. The van der Waals surface area contributed by atoms with Gasteiger partial charge in [0.2, 0.25) is 5.91 Å². The summed E-state index contributed by atoms with van der Waals surface area (Å²) >= 11 is 0. The maximum Gasteiger partial charge on any atom is 0.306 e. The van der Waals surface area contributed by atoms with Crippen molar-refractivity contribution < 1.29 is 49.3 Å². The van der Waals surface area contributed by atoms with E-state index in [0.717, 1.165) is 83.5 Å². The zero-order valence-corrected chi connectivity index (χ0v) is 48.4. The Morgan fingerprint density at radius 2 is 0.960 bits per heavy atom. The number of unbranched alkanes of at least 4 members (excludes halogenated alkanes) is 35. The first-order valence-corrected chi connectivity index (χ1v) is 31.4. The Morgan fingerprint density at radius 3 is 1.43 bits per heavy atom. The number of ether oxygens (including phenoxy) is 3. The molecule has 1 saturated heterocycles. The molecule has 1 heterocycles. The Labute approximate surface area is 459 Å². The van der Waals surface area contributed by atoms with E-state index in [1.807, 2.05) is 12.2 Å². The minimum absolute atomic E-state index is 0.126. The minimum atomic E-state index is -1.61. The quantitative estimate of drug-likeness (QED) is 0.0149. The van der Waals surface area contributed by atoms with Gasteiger partial charge in [-0.1, -0.05) is 281 Å². The van der Waals surface area contributed by atoms with Gasteiger partial charge in [-0.25, -0.2) is 0 Å². The first kappa shape index (κ1) is 70.6. The molecule has 0 aromatic rings. The average molecular weight is 1060 g/mol. The lowest BCUT2D eigenvalue weighted by Crippen LogP contribution is -2.61. The Balaban J connectivity index is 2.67. The third kappa shape index (κ3) is 40.5. The highest BCUT2D eigenvalue weighted by Crippen LogP contribution is 2.26. The minimum Gasteiger partial charge on any atom is -0.454 e. The fourth-order valence-corrected chi connectivity index (χ4v) is 9.83. The van der Waals surface area contributed by atoms with Crippen molar-refractivity contribution in [1.29, 1.82) is 0 Å². The van der Waals surface area contributed by atoms with Crippen LogP contribution in [0.5, 0.6) is 0 Å². The van der Waals surface area contributed by atoms with Crippen LogP contribution in [-0.4, -0.2) is 99.6 Å². The SMILES string of the molecule is CC/C=C/C=C/C=C/CCCCCCCCC(O)C(=O)NC(COC1OC(CO)C(O)C(O)C1OC(=O)CCCCCCCCCCCCCCCCCCCCC)C(O)/C=C/CCCCCCCCCCCCC. The normalized spacial score (nSPS) is 19.5. The molecule has 11 nitrogen and oxygen atoms in total. The van der Waals surface area contributed by atoms with Crippen LogP contribution in [0.1, 0.15) is 284 Å². The number of carbonyl (C=O) groups is 2. The summed E-state index contributed by atoms with van der Waals surface area (Å²) in [5, 5.41) is 57.0. The highest BCUT2D eigenvalue weighted by atomic mass is 16.7. The molecule has 0 saturated carbocycles. The van der Waals surface area contributed by atoms with Crippen LogP contribution in [0.15, 0.2) is 48.6 Å². The summed E-state index contributed by atoms with van der Waals surface area (Å²) in [6.07, 6.45) is 52.9. The molecular formula is C64H117NO10. The predicted octanol–water partition coefficient (Wildman–Crippen LogP) is 14.8. The highest BCUT2D eigenvalue weighted by molar-refractivity contribution is 5.80. The molecule has 1 fully saturated rings. The van der Waals surface area contributed by atoms with Crippen LogP contribution in [0, 0.1) is 0 Å². The van der Waals surface area contributed by atoms with E-state index < -0.39 is 67.4 Å². The number of carbonyl (C=O) groups excluding carboxylic acids is 2. The Morgan fingerprint density at radius 1 is 0.533 bits per heavy atom. The number of rotatable bonds is 53. The number of aliphatic hydroxyl groups is 5. The molecule has 11 heteroatoms. The Bertz CT molecular complexity index is 1400. The molecular weight excluding hydrogens is 943 g/mol. The van der Waals surface area contributed by atoms with Crippen molar-refractivity contribution in [1.82, 2.24) is 5.32 Å². The van der Waals surface area contributed by atoms with Crippen molar-refractivity contribution in [3.05, 3.63) is 48.6 Å².